The second-order valence-electron chi connectivity index (χ2n) is 5.86. The first-order valence-electron chi connectivity index (χ1n) is 8.52. The average Bonchev–Trinajstić information content (AvgIpc) is 3.11. The van der Waals surface area contributed by atoms with E-state index in [0.717, 1.165) is 22.4 Å². The fourth-order valence-electron chi connectivity index (χ4n) is 2.55. The zero-order valence-electron chi connectivity index (χ0n) is 14.9. The summed E-state index contributed by atoms with van der Waals surface area (Å²) in [6.45, 7) is 4.75. The molecule has 0 unspecified atom stereocenters. The second-order valence-corrected chi connectivity index (χ2v) is 5.86. The number of aromatic nitrogens is 2. The van der Waals surface area contributed by atoms with Gasteiger partial charge in [0.2, 0.25) is 17.6 Å². The van der Waals surface area contributed by atoms with E-state index in [1.54, 1.807) is 0 Å². The number of carbonyl (C=O) groups excluding carboxylic acids is 1. The SMILES string of the molecule is CCOc1ccc(CC(=O)NCc2nc(-c3ccccc3C)no2)cc1. The van der Waals surface area contributed by atoms with Crippen LogP contribution in [0.1, 0.15) is 23.9 Å². The van der Waals surface area contributed by atoms with E-state index in [1.807, 2.05) is 62.4 Å². The number of hydrogen-bond acceptors (Lipinski definition) is 5. The highest BCUT2D eigenvalue weighted by molar-refractivity contribution is 5.78. The first-order chi connectivity index (χ1) is 12.7. The third-order valence-electron chi connectivity index (χ3n) is 3.89. The quantitative estimate of drug-likeness (QED) is 0.707. The van der Waals surface area contributed by atoms with Gasteiger partial charge in [0.15, 0.2) is 0 Å². The highest BCUT2D eigenvalue weighted by Gasteiger charge is 2.11. The Kier molecular flexibility index (Phi) is 5.63. The molecule has 0 atom stereocenters. The van der Waals surface area contributed by atoms with Crippen LogP contribution in [-0.4, -0.2) is 22.7 Å². The van der Waals surface area contributed by atoms with E-state index in [0.29, 0.717) is 18.3 Å². The summed E-state index contributed by atoms with van der Waals surface area (Å²) < 4.78 is 10.6. The van der Waals surface area contributed by atoms with E-state index in [4.69, 9.17) is 9.26 Å². The number of carbonyl (C=O) groups is 1. The zero-order valence-corrected chi connectivity index (χ0v) is 14.9. The predicted molar refractivity (Wildman–Crippen MR) is 97.6 cm³/mol. The molecule has 3 aromatic rings. The van der Waals surface area contributed by atoms with Gasteiger partial charge >= 0.3 is 0 Å². The zero-order chi connectivity index (χ0) is 18.4. The fourth-order valence-corrected chi connectivity index (χ4v) is 2.55. The lowest BCUT2D eigenvalue weighted by Gasteiger charge is -2.05. The van der Waals surface area contributed by atoms with Gasteiger partial charge in [0, 0.05) is 5.56 Å². The number of rotatable bonds is 7. The number of nitrogens with zero attached hydrogens (tertiary/aromatic N) is 2. The topological polar surface area (TPSA) is 77.2 Å². The lowest BCUT2D eigenvalue weighted by molar-refractivity contribution is -0.120. The van der Waals surface area contributed by atoms with Crippen molar-refractivity contribution in [2.45, 2.75) is 26.8 Å². The molecule has 6 nitrogen and oxygen atoms in total. The second kappa shape index (κ2) is 8.29. The number of ether oxygens (including phenoxy) is 1. The van der Waals surface area contributed by atoms with Crippen molar-refractivity contribution < 1.29 is 14.1 Å². The third kappa shape index (κ3) is 4.47. The molecule has 0 radical (unpaired) electrons. The molecule has 1 amide bonds. The van der Waals surface area contributed by atoms with Gasteiger partial charge in [-0.1, -0.05) is 41.6 Å². The van der Waals surface area contributed by atoms with E-state index in [-0.39, 0.29) is 18.9 Å². The normalized spacial score (nSPS) is 10.5. The molecular formula is C20H21N3O3. The van der Waals surface area contributed by atoms with Crippen molar-refractivity contribution in [2.24, 2.45) is 0 Å². The molecule has 1 N–H and O–H groups in total. The molecule has 0 saturated carbocycles. The lowest BCUT2D eigenvalue weighted by atomic mass is 10.1. The Balaban J connectivity index is 1.54. The first-order valence-corrected chi connectivity index (χ1v) is 8.52. The van der Waals surface area contributed by atoms with Gasteiger partial charge in [0.1, 0.15) is 5.75 Å². The number of nitrogens with one attached hydrogen (secondary N) is 1. The third-order valence-corrected chi connectivity index (χ3v) is 3.89. The average molecular weight is 351 g/mol. The van der Waals surface area contributed by atoms with E-state index in [1.165, 1.54) is 0 Å². The number of hydrogen-bond donors (Lipinski definition) is 1. The lowest BCUT2D eigenvalue weighted by Crippen LogP contribution is -2.24. The van der Waals surface area contributed by atoms with Gasteiger partial charge in [-0.2, -0.15) is 4.98 Å². The standard InChI is InChI=1S/C20H21N3O3/c1-3-25-16-10-8-15(9-11-16)12-18(24)21-13-19-22-20(23-26-19)17-7-5-4-6-14(17)2/h4-11H,3,12-13H2,1-2H3,(H,21,24). The van der Waals surface area contributed by atoms with Gasteiger partial charge in [-0.3, -0.25) is 4.79 Å². The Morgan fingerprint density at radius 1 is 1.15 bits per heavy atom. The monoisotopic (exact) mass is 351 g/mol. The fraction of sp³-hybridized carbons (Fsp3) is 0.250. The minimum atomic E-state index is -0.107. The summed E-state index contributed by atoms with van der Waals surface area (Å²) in [4.78, 5) is 16.4. The highest BCUT2D eigenvalue weighted by atomic mass is 16.5. The number of benzene rings is 2. The van der Waals surface area contributed by atoms with Gasteiger partial charge in [-0.05, 0) is 37.1 Å². The van der Waals surface area contributed by atoms with E-state index in [9.17, 15) is 4.79 Å². The Hall–Kier alpha value is -3.15. The van der Waals surface area contributed by atoms with Crippen LogP contribution < -0.4 is 10.1 Å². The van der Waals surface area contributed by atoms with Crippen LogP contribution in [0.4, 0.5) is 0 Å². The molecule has 1 aromatic heterocycles. The van der Waals surface area contributed by atoms with Crippen LogP contribution in [0.3, 0.4) is 0 Å². The molecule has 0 aliphatic rings. The minimum Gasteiger partial charge on any atom is -0.494 e. The maximum atomic E-state index is 12.1. The summed E-state index contributed by atoms with van der Waals surface area (Å²) in [5, 5.41) is 6.79. The molecule has 1 heterocycles. The maximum Gasteiger partial charge on any atom is 0.246 e. The van der Waals surface area contributed by atoms with Crippen molar-refractivity contribution in [3.63, 3.8) is 0 Å². The van der Waals surface area contributed by atoms with Crippen LogP contribution in [0.25, 0.3) is 11.4 Å². The molecule has 2 aromatic carbocycles. The summed E-state index contributed by atoms with van der Waals surface area (Å²) in [7, 11) is 0. The summed E-state index contributed by atoms with van der Waals surface area (Å²) in [6.07, 6.45) is 0.283. The molecule has 0 aliphatic carbocycles. The maximum absolute atomic E-state index is 12.1. The Bertz CT molecular complexity index is 872. The van der Waals surface area contributed by atoms with Gasteiger partial charge < -0.3 is 14.6 Å². The molecule has 0 aliphatic heterocycles. The van der Waals surface area contributed by atoms with E-state index < -0.39 is 0 Å². The number of aryl methyl sites for hydroxylation is 1. The molecular weight excluding hydrogens is 330 g/mol. The van der Waals surface area contributed by atoms with Crippen molar-refractivity contribution in [1.82, 2.24) is 15.5 Å². The van der Waals surface area contributed by atoms with Crippen molar-refractivity contribution >= 4 is 5.91 Å². The summed E-state index contributed by atoms with van der Waals surface area (Å²) in [5.74, 6) is 1.60. The largest absolute Gasteiger partial charge is 0.494 e. The molecule has 0 fully saturated rings. The van der Waals surface area contributed by atoms with Crippen LogP contribution in [-0.2, 0) is 17.8 Å². The van der Waals surface area contributed by atoms with Crippen LogP contribution in [0.15, 0.2) is 53.1 Å². The molecule has 0 spiro atoms. The molecule has 0 saturated heterocycles. The Labute approximate surface area is 152 Å². The minimum absolute atomic E-state index is 0.107. The van der Waals surface area contributed by atoms with Crippen LogP contribution >= 0.6 is 0 Å². The summed E-state index contributed by atoms with van der Waals surface area (Å²) in [6, 6.07) is 15.3. The van der Waals surface area contributed by atoms with Crippen molar-refractivity contribution in [2.75, 3.05) is 6.61 Å². The molecule has 6 heteroatoms. The van der Waals surface area contributed by atoms with Gasteiger partial charge in [0.25, 0.3) is 0 Å². The van der Waals surface area contributed by atoms with Crippen LogP contribution in [0, 0.1) is 6.92 Å². The van der Waals surface area contributed by atoms with Crippen molar-refractivity contribution in [1.29, 1.82) is 0 Å². The smallest absolute Gasteiger partial charge is 0.246 e. The first kappa shape index (κ1) is 17.7. The Morgan fingerprint density at radius 3 is 2.65 bits per heavy atom. The number of amides is 1. The Morgan fingerprint density at radius 2 is 1.92 bits per heavy atom. The highest BCUT2D eigenvalue weighted by Crippen LogP contribution is 2.19. The summed E-state index contributed by atoms with van der Waals surface area (Å²) in [5.41, 5.74) is 2.90. The van der Waals surface area contributed by atoms with Crippen molar-refractivity contribution in [3.05, 3.63) is 65.5 Å². The van der Waals surface area contributed by atoms with Gasteiger partial charge in [0.05, 0.1) is 19.6 Å². The van der Waals surface area contributed by atoms with Gasteiger partial charge in [-0.25, -0.2) is 0 Å². The molecule has 26 heavy (non-hydrogen) atoms. The summed E-state index contributed by atoms with van der Waals surface area (Å²) >= 11 is 0. The van der Waals surface area contributed by atoms with E-state index in [2.05, 4.69) is 15.5 Å². The van der Waals surface area contributed by atoms with Crippen molar-refractivity contribution in [3.8, 4) is 17.1 Å². The van der Waals surface area contributed by atoms with Crippen LogP contribution in [0.5, 0.6) is 5.75 Å². The van der Waals surface area contributed by atoms with Crippen LogP contribution in [0.2, 0.25) is 0 Å². The van der Waals surface area contributed by atoms with Gasteiger partial charge in [-0.15, -0.1) is 0 Å². The predicted octanol–water partition coefficient (Wildman–Crippen LogP) is 3.30. The molecule has 3 rings (SSSR count). The molecule has 134 valence electrons. The van der Waals surface area contributed by atoms with E-state index >= 15 is 0 Å². The molecule has 0 bridgehead atoms.